The molecule has 6 nitrogen and oxygen atoms in total. The average molecular weight is 365 g/mol. The summed E-state index contributed by atoms with van der Waals surface area (Å²) in [5, 5.41) is 0. The van der Waals surface area contributed by atoms with E-state index in [4.69, 9.17) is 9.47 Å². The smallest absolute Gasteiger partial charge is 0.254 e. The SMILES string of the molecule is COc1cc2c(cc1OC)C(C)(C)CN(C(=O)c1ccc3nc[nH]c3c1)C2. The highest BCUT2D eigenvalue weighted by molar-refractivity contribution is 5.97. The molecule has 0 radical (unpaired) electrons. The van der Waals surface area contributed by atoms with Gasteiger partial charge in [-0.15, -0.1) is 0 Å². The zero-order valence-electron chi connectivity index (χ0n) is 16.0. The van der Waals surface area contributed by atoms with E-state index in [2.05, 4.69) is 23.8 Å². The summed E-state index contributed by atoms with van der Waals surface area (Å²) in [6.45, 7) is 5.47. The third kappa shape index (κ3) is 2.91. The summed E-state index contributed by atoms with van der Waals surface area (Å²) in [6.07, 6.45) is 1.64. The quantitative estimate of drug-likeness (QED) is 0.771. The van der Waals surface area contributed by atoms with Crippen molar-refractivity contribution in [3.63, 3.8) is 0 Å². The molecule has 0 saturated heterocycles. The maximum absolute atomic E-state index is 13.2. The minimum atomic E-state index is -0.194. The van der Waals surface area contributed by atoms with Crippen LogP contribution in [-0.4, -0.2) is 41.5 Å². The lowest BCUT2D eigenvalue weighted by atomic mass is 9.78. The molecule has 140 valence electrons. The number of hydrogen-bond acceptors (Lipinski definition) is 4. The van der Waals surface area contributed by atoms with Crippen LogP contribution in [0.3, 0.4) is 0 Å². The predicted octanol–water partition coefficient (Wildman–Crippen LogP) is 3.51. The number of nitrogens with zero attached hydrogens (tertiary/aromatic N) is 2. The maximum Gasteiger partial charge on any atom is 0.254 e. The number of ether oxygens (including phenoxy) is 2. The third-order valence-electron chi connectivity index (χ3n) is 5.24. The Bertz CT molecular complexity index is 1020. The van der Waals surface area contributed by atoms with Crippen LogP contribution < -0.4 is 9.47 Å². The van der Waals surface area contributed by atoms with Crippen LogP contribution in [0, 0.1) is 0 Å². The van der Waals surface area contributed by atoms with Gasteiger partial charge in [-0.1, -0.05) is 13.8 Å². The van der Waals surface area contributed by atoms with Crippen LogP contribution in [0.15, 0.2) is 36.7 Å². The van der Waals surface area contributed by atoms with E-state index in [-0.39, 0.29) is 11.3 Å². The van der Waals surface area contributed by atoms with Gasteiger partial charge < -0.3 is 19.4 Å². The summed E-state index contributed by atoms with van der Waals surface area (Å²) in [6, 6.07) is 9.58. The molecule has 0 saturated carbocycles. The highest BCUT2D eigenvalue weighted by Gasteiger charge is 2.35. The van der Waals surface area contributed by atoms with E-state index in [1.807, 2.05) is 35.2 Å². The Morgan fingerprint density at radius 3 is 2.63 bits per heavy atom. The van der Waals surface area contributed by atoms with Crippen LogP contribution >= 0.6 is 0 Å². The highest BCUT2D eigenvalue weighted by Crippen LogP contribution is 2.40. The number of methoxy groups -OCH3 is 2. The molecule has 0 bridgehead atoms. The number of carbonyl (C=O) groups excluding carboxylic acids is 1. The molecule has 27 heavy (non-hydrogen) atoms. The summed E-state index contributed by atoms with van der Waals surface area (Å²) >= 11 is 0. The zero-order valence-corrected chi connectivity index (χ0v) is 16.0. The van der Waals surface area contributed by atoms with Gasteiger partial charge in [0.25, 0.3) is 5.91 Å². The number of nitrogens with one attached hydrogen (secondary N) is 1. The van der Waals surface area contributed by atoms with Gasteiger partial charge in [-0.3, -0.25) is 4.79 Å². The van der Waals surface area contributed by atoms with Crippen molar-refractivity contribution in [1.82, 2.24) is 14.9 Å². The van der Waals surface area contributed by atoms with Crippen molar-refractivity contribution < 1.29 is 14.3 Å². The van der Waals surface area contributed by atoms with Gasteiger partial charge in [0, 0.05) is 24.1 Å². The highest BCUT2D eigenvalue weighted by atomic mass is 16.5. The van der Waals surface area contributed by atoms with Crippen LogP contribution in [0.25, 0.3) is 11.0 Å². The first-order valence-corrected chi connectivity index (χ1v) is 8.91. The van der Waals surface area contributed by atoms with Gasteiger partial charge in [-0.05, 0) is 41.5 Å². The van der Waals surface area contributed by atoms with Gasteiger partial charge in [0.1, 0.15) is 0 Å². The Kier molecular flexibility index (Phi) is 4.06. The maximum atomic E-state index is 13.2. The fourth-order valence-corrected chi connectivity index (χ4v) is 3.90. The van der Waals surface area contributed by atoms with E-state index in [1.54, 1.807) is 20.5 Å². The van der Waals surface area contributed by atoms with Gasteiger partial charge >= 0.3 is 0 Å². The van der Waals surface area contributed by atoms with Crippen molar-refractivity contribution in [3.05, 3.63) is 53.3 Å². The Labute approximate surface area is 158 Å². The molecule has 0 aliphatic carbocycles. The standard InChI is InChI=1S/C21H23N3O3/c1-21(2)11-24(10-14-8-18(26-3)19(27-4)9-15(14)21)20(25)13-5-6-16-17(7-13)23-12-22-16/h5-9,12H,10-11H2,1-4H3,(H,22,23). The summed E-state index contributed by atoms with van der Waals surface area (Å²) < 4.78 is 10.9. The van der Waals surface area contributed by atoms with Crippen LogP contribution in [-0.2, 0) is 12.0 Å². The average Bonchev–Trinajstić information content (AvgIpc) is 3.13. The normalized spacial score (nSPS) is 15.5. The van der Waals surface area contributed by atoms with Crippen LogP contribution in [0.5, 0.6) is 11.5 Å². The summed E-state index contributed by atoms with van der Waals surface area (Å²) in [4.78, 5) is 22.3. The lowest BCUT2D eigenvalue weighted by Crippen LogP contribution is -2.45. The van der Waals surface area contributed by atoms with Crippen molar-refractivity contribution in [3.8, 4) is 11.5 Å². The minimum Gasteiger partial charge on any atom is -0.493 e. The number of hydrogen-bond donors (Lipinski definition) is 1. The first-order valence-electron chi connectivity index (χ1n) is 8.91. The predicted molar refractivity (Wildman–Crippen MR) is 103 cm³/mol. The second-order valence-electron chi connectivity index (χ2n) is 7.54. The van der Waals surface area contributed by atoms with Crippen LogP contribution in [0.1, 0.15) is 35.3 Å². The van der Waals surface area contributed by atoms with E-state index in [9.17, 15) is 4.79 Å². The van der Waals surface area contributed by atoms with Gasteiger partial charge in [-0.25, -0.2) is 4.98 Å². The number of rotatable bonds is 3. The lowest BCUT2D eigenvalue weighted by Gasteiger charge is -2.40. The van der Waals surface area contributed by atoms with E-state index >= 15 is 0 Å². The first-order chi connectivity index (χ1) is 12.9. The molecule has 0 fully saturated rings. The number of benzene rings is 2. The lowest BCUT2D eigenvalue weighted by molar-refractivity contribution is 0.0686. The molecule has 2 heterocycles. The first kappa shape index (κ1) is 17.4. The van der Waals surface area contributed by atoms with E-state index in [1.165, 1.54) is 5.56 Å². The Balaban J connectivity index is 1.71. The molecule has 0 atom stereocenters. The number of amides is 1. The van der Waals surface area contributed by atoms with E-state index in [0.717, 1.165) is 16.6 Å². The fourth-order valence-electron chi connectivity index (χ4n) is 3.90. The minimum absolute atomic E-state index is 0.0139. The molecule has 3 aromatic rings. The zero-order chi connectivity index (χ0) is 19.2. The summed E-state index contributed by atoms with van der Waals surface area (Å²) in [5.74, 6) is 1.41. The molecule has 2 aromatic carbocycles. The molecule has 1 amide bonds. The molecule has 1 N–H and O–H groups in total. The van der Waals surface area contributed by atoms with Crippen molar-refractivity contribution >= 4 is 16.9 Å². The van der Waals surface area contributed by atoms with E-state index in [0.29, 0.717) is 30.2 Å². The molecule has 1 aromatic heterocycles. The molecule has 1 aliphatic heterocycles. The van der Waals surface area contributed by atoms with Gasteiger partial charge in [-0.2, -0.15) is 0 Å². The fraction of sp³-hybridized carbons (Fsp3) is 0.333. The summed E-state index contributed by atoms with van der Waals surface area (Å²) in [7, 11) is 3.27. The number of carbonyl (C=O) groups is 1. The molecular weight excluding hydrogens is 342 g/mol. The summed E-state index contributed by atoms with van der Waals surface area (Å²) in [5.41, 5.74) is 4.46. The van der Waals surface area contributed by atoms with Crippen LogP contribution in [0.4, 0.5) is 0 Å². The Morgan fingerprint density at radius 1 is 1.15 bits per heavy atom. The number of fused-ring (bicyclic) bond motifs is 2. The number of aromatic amines is 1. The monoisotopic (exact) mass is 365 g/mol. The second kappa shape index (κ2) is 6.30. The van der Waals surface area contributed by atoms with E-state index < -0.39 is 0 Å². The van der Waals surface area contributed by atoms with Crippen molar-refractivity contribution in [2.75, 3.05) is 20.8 Å². The molecule has 0 spiro atoms. The number of imidazole rings is 1. The number of aromatic nitrogens is 2. The molecule has 6 heteroatoms. The third-order valence-corrected chi connectivity index (χ3v) is 5.24. The van der Waals surface area contributed by atoms with Gasteiger partial charge in [0.15, 0.2) is 11.5 Å². The van der Waals surface area contributed by atoms with Gasteiger partial charge in [0.2, 0.25) is 0 Å². The molecule has 4 rings (SSSR count). The molecule has 1 aliphatic rings. The van der Waals surface area contributed by atoms with Crippen LogP contribution in [0.2, 0.25) is 0 Å². The van der Waals surface area contributed by atoms with Crippen molar-refractivity contribution in [1.29, 1.82) is 0 Å². The van der Waals surface area contributed by atoms with Crippen molar-refractivity contribution in [2.24, 2.45) is 0 Å². The topological polar surface area (TPSA) is 67.5 Å². The largest absolute Gasteiger partial charge is 0.493 e. The van der Waals surface area contributed by atoms with Gasteiger partial charge in [0.05, 0.1) is 31.6 Å². The van der Waals surface area contributed by atoms with Crippen molar-refractivity contribution in [2.45, 2.75) is 25.8 Å². The molecule has 0 unspecified atom stereocenters. The number of H-pyrrole nitrogens is 1. The Morgan fingerprint density at radius 2 is 1.89 bits per heavy atom. The molecular formula is C21H23N3O3. The Hall–Kier alpha value is -3.02. The second-order valence-corrected chi connectivity index (χ2v) is 7.54.